The summed E-state index contributed by atoms with van der Waals surface area (Å²) in [5.74, 6) is 0.0592. The van der Waals surface area contributed by atoms with Crippen LogP contribution in [0.5, 0.6) is 0 Å². The Hall–Kier alpha value is -0.650. The number of amides is 1. The van der Waals surface area contributed by atoms with E-state index in [2.05, 4.69) is 24.5 Å². The average Bonchev–Trinajstić information content (AvgIpc) is 2.46. The van der Waals surface area contributed by atoms with Gasteiger partial charge < -0.3 is 20.5 Å². The minimum atomic E-state index is -0.679. The molecule has 0 aromatic carbocycles. The van der Waals surface area contributed by atoms with Crippen LogP contribution in [0.3, 0.4) is 0 Å². The molecule has 22 heavy (non-hydrogen) atoms. The number of ether oxygens (including phenoxy) is 1. The first kappa shape index (κ1) is 17.7. The van der Waals surface area contributed by atoms with Crippen LogP contribution in [-0.2, 0) is 9.53 Å². The highest BCUT2D eigenvalue weighted by atomic mass is 16.5. The molecule has 1 amide bonds. The summed E-state index contributed by atoms with van der Waals surface area (Å²) in [6.07, 6.45) is 5.00. The van der Waals surface area contributed by atoms with Crippen molar-refractivity contribution in [1.29, 1.82) is 0 Å². The van der Waals surface area contributed by atoms with Crippen LogP contribution in [-0.4, -0.2) is 48.0 Å². The standard InChI is InChI=1S/C17H32N2O3/c1-5-22-15-10-17(21,16(15,3)4)11-18-13-6-8-14(9-7-13)19-12(2)20/h13-15,18,21H,5-11H2,1-4H3,(H,19,20)/t13?,14?,15-,17-/m1/s1. The van der Waals surface area contributed by atoms with E-state index < -0.39 is 5.60 Å². The van der Waals surface area contributed by atoms with Crippen LogP contribution < -0.4 is 10.6 Å². The number of aliphatic hydroxyl groups is 1. The minimum absolute atomic E-state index is 0.0592. The molecule has 2 aliphatic carbocycles. The van der Waals surface area contributed by atoms with E-state index in [-0.39, 0.29) is 17.4 Å². The lowest BCUT2D eigenvalue weighted by atomic mass is 9.56. The van der Waals surface area contributed by atoms with E-state index >= 15 is 0 Å². The Morgan fingerprint density at radius 2 is 1.82 bits per heavy atom. The van der Waals surface area contributed by atoms with Crippen LogP contribution in [0.4, 0.5) is 0 Å². The molecule has 0 saturated heterocycles. The van der Waals surface area contributed by atoms with Crippen molar-refractivity contribution in [1.82, 2.24) is 10.6 Å². The molecule has 0 unspecified atom stereocenters. The lowest BCUT2D eigenvalue weighted by Gasteiger charge is -2.58. The number of hydrogen-bond acceptors (Lipinski definition) is 4. The van der Waals surface area contributed by atoms with E-state index in [0.29, 0.717) is 31.7 Å². The maximum atomic E-state index is 11.1. The van der Waals surface area contributed by atoms with E-state index in [1.165, 1.54) is 0 Å². The van der Waals surface area contributed by atoms with Crippen molar-refractivity contribution in [3.05, 3.63) is 0 Å². The number of rotatable bonds is 6. The maximum absolute atomic E-state index is 11.1. The first-order valence-corrected chi connectivity index (χ1v) is 8.63. The quantitative estimate of drug-likeness (QED) is 0.696. The van der Waals surface area contributed by atoms with Gasteiger partial charge in [-0.25, -0.2) is 0 Å². The second kappa shape index (κ2) is 6.85. The normalized spacial score (nSPS) is 37.4. The summed E-state index contributed by atoms with van der Waals surface area (Å²) >= 11 is 0. The van der Waals surface area contributed by atoms with E-state index in [0.717, 1.165) is 25.7 Å². The van der Waals surface area contributed by atoms with Gasteiger partial charge in [0.15, 0.2) is 0 Å². The zero-order valence-corrected chi connectivity index (χ0v) is 14.4. The van der Waals surface area contributed by atoms with E-state index in [9.17, 15) is 9.90 Å². The highest BCUT2D eigenvalue weighted by molar-refractivity contribution is 5.73. The summed E-state index contributed by atoms with van der Waals surface area (Å²) in [6, 6.07) is 0.761. The van der Waals surface area contributed by atoms with E-state index in [1.54, 1.807) is 6.92 Å². The topological polar surface area (TPSA) is 70.6 Å². The zero-order valence-electron chi connectivity index (χ0n) is 14.4. The number of hydrogen-bond donors (Lipinski definition) is 3. The Morgan fingerprint density at radius 3 is 2.32 bits per heavy atom. The van der Waals surface area contributed by atoms with Gasteiger partial charge in [0, 0.05) is 44.0 Å². The second-order valence-electron chi connectivity index (χ2n) is 7.53. The maximum Gasteiger partial charge on any atom is 0.217 e. The molecule has 128 valence electrons. The molecule has 2 fully saturated rings. The molecular weight excluding hydrogens is 280 g/mol. The molecule has 5 heteroatoms. The van der Waals surface area contributed by atoms with Gasteiger partial charge in [-0.1, -0.05) is 13.8 Å². The van der Waals surface area contributed by atoms with Crippen molar-refractivity contribution in [3.63, 3.8) is 0 Å². The Bertz CT molecular complexity index is 391. The van der Waals surface area contributed by atoms with Crippen LogP contribution in [0.25, 0.3) is 0 Å². The minimum Gasteiger partial charge on any atom is -0.388 e. The molecule has 3 N–H and O–H groups in total. The number of carbonyl (C=O) groups excluding carboxylic acids is 1. The molecule has 0 bridgehead atoms. The zero-order chi connectivity index (χ0) is 16.4. The van der Waals surface area contributed by atoms with Crippen molar-refractivity contribution < 1.29 is 14.6 Å². The van der Waals surface area contributed by atoms with Gasteiger partial charge in [-0.3, -0.25) is 4.79 Å². The predicted molar refractivity (Wildman–Crippen MR) is 86.6 cm³/mol. The Labute approximate surface area is 134 Å². The Kier molecular flexibility index (Phi) is 5.51. The van der Waals surface area contributed by atoms with Gasteiger partial charge in [0.25, 0.3) is 0 Å². The molecule has 2 rings (SSSR count). The lowest BCUT2D eigenvalue weighted by molar-refractivity contribution is -0.238. The van der Waals surface area contributed by atoms with Crippen LogP contribution in [0.2, 0.25) is 0 Å². The van der Waals surface area contributed by atoms with Gasteiger partial charge in [-0.05, 0) is 32.6 Å². The number of nitrogens with one attached hydrogen (secondary N) is 2. The van der Waals surface area contributed by atoms with Crippen molar-refractivity contribution in [2.24, 2.45) is 5.41 Å². The van der Waals surface area contributed by atoms with Crippen LogP contribution in [0, 0.1) is 5.41 Å². The van der Waals surface area contributed by atoms with Crippen molar-refractivity contribution >= 4 is 5.91 Å². The molecule has 5 nitrogen and oxygen atoms in total. The molecule has 0 aromatic heterocycles. The van der Waals surface area contributed by atoms with Gasteiger partial charge in [-0.15, -0.1) is 0 Å². The van der Waals surface area contributed by atoms with Gasteiger partial charge in [0.2, 0.25) is 5.91 Å². The van der Waals surface area contributed by atoms with Crippen LogP contribution in [0.1, 0.15) is 59.8 Å². The van der Waals surface area contributed by atoms with Gasteiger partial charge >= 0.3 is 0 Å². The van der Waals surface area contributed by atoms with Crippen LogP contribution in [0.15, 0.2) is 0 Å². The molecule has 0 spiro atoms. The molecule has 2 atom stereocenters. The SMILES string of the molecule is CCO[C@@H]1C[C@@](O)(CNC2CCC(NC(C)=O)CC2)C1(C)C. The Balaban J connectivity index is 1.74. The van der Waals surface area contributed by atoms with E-state index in [4.69, 9.17) is 4.74 Å². The van der Waals surface area contributed by atoms with Gasteiger partial charge in [0.05, 0.1) is 11.7 Å². The molecule has 0 radical (unpaired) electrons. The summed E-state index contributed by atoms with van der Waals surface area (Å²) in [4.78, 5) is 11.1. The summed E-state index contributed by atoms with van der Waals surface area (Å²) in [5.41, 5.74) is -0.884. The molecular formula is C17H32N2O3. The Morgan fingerprint density at radius 1 is 1.23 bits per heavy atom. The third-order valence-corrected chi connectivity index (χ3v) is 5.71. The average molecular weight is 312 g/mol. The van der Waals surface area contributed by atoms with Crippen LogP contribution >= 0.6 is 0 Å². The van der Waals surface area contributed by atoms with Gasteiger partial charge in [-0.2, -0.15) is 0 Å². The fourth-order valence-electron chi connectivity index (χ4n) is 3.80. The molecule has 0 aliphatic heterocycles. The van der Waals surface area contributed by atoms with E-state index in [1.807, 2.05) is 6.92 Å². The molecule has 0 aromatic rings. The largest absolute Gasteiger partial charge is 0.388 e. The third kappa shape index (κ3) is 3.63. The lowest BCUT2D eigenvalue weighted by Crippen LogP contribution is -2.69. The fourth-order valence-corrected chi connectivity index (χ4v) is 3.80. The highest BCUT2D eigenvalue weighted by Gasteiger charge is 2.59. The fraction of sp³-hybridized carbons (Fsp3) is 0.941. The monoisotopic (exact) mass is 312 g/mol. The van der Waals surface area contributed by atoms with Gasteiger partial charge in [0.1, 0.15) is 0 Å². The molecule has 2 saturated carbocycles. The summed E-state index contributed by atoms with van der Waals surface area (Å²) in [6.45, 7) is 9.08. The number of carbonyl (C=O) groups is 1. The highest BCUT2D eigenvalue weighted by Crippen LogP contribution is 2.51. The summed E-state index contributed by atoms with van der Waals surface area (Å²) in [7, 11) is 0. The third-order valence-electron chi connectivity index (χ3n) is 5.71. The summed E-state index contributed by atoms with van der Waals surface area (Å²) < 4.78 is 5.70. The first-order valence-electron chi connectivity index (χ1n) is 8.63. The predicted octanol–water partition coefficient (Wildman–Crippen LogP) is 1.59. The second-order valence-corrected chi connectivity index (χ2v) is 7.53. The molecule has 2 aliphatic rings. The first-order chi connectivity index (χ1) is 10.3. The van der Waals surface area contributed by atoms with Crippen molar-refractivity contribution in [3.8, 4) is 0 Å². The summed E-state index contributed by atoms with van der Waals surface area (Å²) in [5, 5.41) is 17.4. The molecule has 0 heterocycles. The van der Waals surface area contributed by atoms with Crippen molar-refractivity contribution in [2.75, 3.05) is 13.2 Å². The smallest absolute Gasteiger partial charge is 0.217 e. The van der Waals surface area contributed by atoms with Crippen molar-refractivity contribution in [2.45, 2.75) is 83.6 Å².